The van der Waals surface area contributed by atoms with Crippen molar-refractivity contribution in [2.45, 2.75) is 90.9 Å². The van der Waals surface area contributed by atoms with Crippen LogP contribution >= 0.6 is 0 Å². The minimum atomic E-state index is -0.402. The Morgan fingerprint density at radius 2 is 1.32 bits per heavy atom. The summed E-state index contributed by atoms with van der Waals surface area (Å²) in [4.78, 5) is 21.9. The number of hydrogen-bond acceptors (Lipinski definition) is 3. The number of benzene rings is 1. The number of aryl methyl sites for hydroxylation is 1. The first kappa shape index (κ1) is 21.7. The molecular formula is C22H36O3. The third kappa shape index (κ3) is 11.0. The normalized spacial score (nSPS) is 10.8. The van der Waals surface area contributed by atoms with Gasteiger partial charge in [-0.2, -0.15) is 4.89 Å². The summed E-state index contributed by atoms with van der Waals surface area (Å²) in [5.41, 5.74) is 1.83. The van der Waals surface area contributed by atoms with Crippen molar-refractivity contribution in [3.05, 3.63) is 35.4 Å². The largest absolute Gasteiger partial charge is 0.373 e. The average molecular weight is 349 g/mol. The van der Waals surface area contributed by atoms with Crippen LogP contribution in [0.25, 0.3) is 0 Å². The fourth-order valence-electron chi connectivity index (χ4n) is 2.82. The molecule has 0 aliphatic carbocycles. The van der Waals surface area contributed by atoms with Crippen molar-refractivity contribution in [1.29, 1.82) is 0 Å². The maximum Gasteiger partial charge on any atom is 0.373 e. The molecule has 0 radical (unpaired) electrons. The monoisotopic (exact) mass is 348 g/mol. The van der Waals surface area contributed by atoms with Gasteiger partial charge in [0.2, 0.25) is 0 Å². The maximum absolute atomic E-state index is 11.9. The van der Waals surface area contributed by atoms with E-state index in [1.807, 2.05) is 24.3 Å². The summed E-state index contributed by atoms with van der Waals surface area (Å²) in [7, 11) is 0. The molecule has 0 spiro atoms. The van der Waals surface area contributed by atoms with Crippen LogP contribution in [-0.2, 0) is 16.2 Å². The summed E-state index contributed by atoms with van der Waals surface area (Å²) in [6.45, 7) is 4.93. The second-order valence-electron chi connectivity index (χ2n) is 6.82. The third-order valence-electron chi connectivity index (χ3n) is 4.47. The van der Waals surface area contributed by atoms with E-state index in [-0.39, 0.29) is 0 Å². The third-order valence-corrected chi connectivity index (χ3v) is 4.47. The van der Waals surface area contributed by atoms with E-state index in [4.69, 9.17) is 9.78 Å². The molecule has 0 fully saturated rings. The van der Waals surface area contributed by atoms with Crippen LogP contribution in [0.15, 0.2) is 24.3 Å². The van der Waals surface area contributed by atoms with Gasteiger partial charge < -0.3 is 0 Å². The molecule has 1 aromatic rings. The minimum absolute atomic E-state index is 0.402. The van der Waals surface area contributed by atoms with E-state index >= 15 is 0 Å². The average Bonchev–Trinajstić information content (AvgIpc) is 2.64. The molecule has 3 heteroatoms. The summed E-state index contributed by atoms with van der Waals surface area (Å²) in [5, 5.41) is 0. The van der Waals surface area contributed by atoms with Crippen molar-refractivity contribution in [2.75, 3.05) is 6.61 Å². The van der Waals surface area contributed by atoms with Crippen molar-refractivity contribution in [1.82, 2.24) is 0 Å². The van der Waals surface area contributed by atoms with Gasteiger partial charge in [-0.05, 0) is 37.0 Å². The summed E-state index contributed by atoms with van der Waals surface area (Å²) in [5.74, 6) is -0.402. The number of carbonyl (C=O) groups excluding carboxylic acids is 1. The zero-order valence-electron chi connectivity index (χ0n) is 16.2. The van der Waals surface area contributed by atoms with E-state index in [0.717, 1.165) is 19.3 Å². The van der Waals surface area contributed by atoms with Crippen molar-refractivity contribution >= 4 is 5.97 Å². The molecule has 0 N–H and O–H groups in total. The van der Waals surface area contributed by atoms with Gasteiger partial charge in [0.15, 0.2) is 0 Å². The molecule has 0 amide bonds. The lowest BCUT2D eigenvalue weighted by Crippen LogP contribution is -2.07. The highest BCUT2D eigenvalue weighted by atomic mass is 17.2. The molecule has 0 bridgehead atoms. The van der Waals surface area contributed by atoms with Crippen LogP contribution in [0.4, 0.5) is 0 Å². The Hall–Kier alpha value is -1.35. The van der Waals surface area contributed by atoms with Crippen molar-refractivity contribution in [3.8, 4) is 0 Å². The fourth-order valence-corrected chi connectivity index (χ4v) is 2.82. The molecule has 0 aromatic heterocycles. The second kappa shape index (κ2) is 14.9. The lowest BCUT2D eigenvalue weighted by Gasteiger charge is -2.05. The van der Waals surface area contributed by atoms with Gasteiger partial charge in [0.1, 0.15) is 0 Å². The van der Waals surface area contributed by atoms with Gasteiger partial charge in [-0.1, -0.05) is 83.8 Å². The minimum Gasteiger partial charge on any atom is -0.293 e. The molecule has 25 heavy (non-hydrogen) atoms. The van der Waals surface area contributed by atoms with Gasteiger partial charge in [-0.25, -0.2) is 4.79 Å². The van der Waals surface area contributed by atoms with Crippen LogP contribution in [-0.4, -0.2) is 12.6 Å². The lowest BCUT2D eigenvalue weighted by molar-refractivity contribution is -0.241. The molecule has 0 unspecified atom stereocenters. The highest BCUT2D eigenvalue weighted by Gasteiger charge is 2.08. The topological polar surface area (TPSA) is 35.5 Å². The molecule has 0 atom stereocenters. The quantitative estimate of drug-likeness (QED) is 0.202. The zero-order chi connectivity index (χ0) is 18.2. The molecule has 0 aliphatic heterocycles. The first-order valence-corrected chi connectivity index (χ1v) is 10.2. The highest BCUT2D eigenvalue weighted by molar-refractivity contribution is 5.88. The Morgan fingerprint density at radius 3 is 1.96 bits per heavy atom. The molecule has 0 heterocycles. The second-order valence-corrected chi connectivity index (χ2v) is 6.82. The van der Waals surface area contributed by atoms with Crippen LogP contribution in [0, 0.1) is 0 Å². The van der Waals surface area contributed by atoms with E-state index in [1.54, 1.807) is 0 Å². The Labute approximate surface area is 154 Å². The van der Waals surface area contributed by atoms with E-state index in [0.29, 0.717) is 12.2 Å². The SMILES string of the molecule is CCCCCCCCCOOC(=O)c1ccc(CCCCCC)cc1. The molecule has 0 saturated heterocycles. The van der Waals surface area contributed by atoms with Crippen LogP contribution in [0.1, 0.15) is 100 Å². The summed E-state index contributed by atoms with van der Waals surface area (Å²) < 4.78 is 0. The molecule has 0 aliphatic rings. The van der Waals surface area contributed by atoms with Gasteiger partial charge in [0.05, 0.1) is 12.2 Å². The smallest absolute Gasteiger partial charge is 0.293 e. The molecule has 0 saturated carbocycles. The van der Waals surface area contributed by atoms with Crippen LogP contribution in [0.5, 0.6) is 0 Å². The van der Waals surface area contributed by atoms with Crippen molar-refractivity contribution in [2.24, 2.45) is 0 Å². The first-order valence-electron chi connectivity index (χ1n) is 10.2. The Kier molecular flexibility index (Phi) is 13.0. The van der Waals surface area contributed by atoms with Crippen LogP contribution in [0.2, 0.25) is 0 Å². The summed E-state index contributed by atoms with van der Waals surface area (Å²) in [6.07, 6.45) is 14.6. The van der Waals surface area contributed by atoms with Gasteiger partial charge >= 0.3 is 5.97 Å². The summed E-state index contributed by atoms with van der Waals surface area (Å²) >= 11 is 0. The number of unbranched alkanes of at least 4 members (excludes halogenated alkanes) is 9. The number of carbonyl (C=O) groups is 1. The van der Waals surface area contributed by atoms with E-state index in [1.165, 1.54) is 63.4 Å². The molecule has 1 rings (SSSR count). The standard InChI is InChI=1S/C22H36O3/c1-3-5-7-9-10-11-13-19-24-25-22(23)21-17-15-20(16-18-21)14-12-8-6-4-2/h15-18H,3-14,19H2,1-2H3. The highest BCUT2D eigenvalue weighted by Crippen LogP contribution is 2.11. The van der Waals surface area contributed by atoms with Gasteiger partial charge in [0.25, 0.3) is 0 Å². The predicted molar refractivity (Wildman–Crippen MR) is 104 cm³/mol. The Balaban J connectivity index is 2.10. The maximum atomic E-state index is 11.9. The van der Waals surface area contributed by atoms with Crippen LogP contribution in [0.3, 0.4) is 0 Å². The zero-order valence-corrected chi connectivity index (χ0v) is 16.2. The van der Waals surface area contributed by atoms with Crippen LogP contribution < -0.4 is 0 Å². The first-order chi connectivity index (χ1) is 12.3. The number of rotatable bonds is 15. The van der Waals surface area contributed by atoms with Crippen molar-refractivity contribution < 1.29 is 14.6 Å². The van der Waals surface area contributed by atoms with E-state index in [2.05, 4.69) is 13.8 Å². The Bertz CT molecular complexity index is 439. The van der Waals surface area contributed by atoms with Gasteiger partial charge in [-0.15, -0.1) is 0 Å². The van der Waals surface area contributed by atoms with Crippen molar-refractivity contribution in [3.63, 3.8) is 0 Å². The van der Waals surface area contributed by atoms with Gasteiger partial charge in [0, 0.05) is 0 Å². The molecule has 3 nitrogen and oxygen atoms in total. The van der Waals surface area contributed by atoms with Gasteiger partial charge in [-0.3, -0.25) is 4.89 Å². The molecule has 142 valence electrons. The van der Waals surface area contributed by atoms with E-state index in [9.17, 15) is 4.79 Å². The summed E-state index contributed by atoms with van der Waals surface area (Å²) in [6, 6.07) is 7.68. The molecular weight excluding hydrogens is 312 g/mol. The predicted octanol–water partition coefficient (Wildman–Crippen LogP) is 6.65. The molecule has 1 aromatic carbocycles. The number of hydrogen-bond donors (Lipinski definition) is 0. The fraction of sp³-hybridized carbons (Fsp3) is 0.682. The lowest BCUT2D eigenvalue weighted by atomic mass is 10.0. The van der Waals surface area contributed by atoms with E-state index < -0.39 is 5.97 Å². The Morgan fingerprint density at radius 1 is 0.760 bits per heavy atom.